The summed E-state index contributed by atoms with van der Waals surface area (Å²) >= 11 is 0. The van der Waals surface area contributed by atoms with E-state index < -0.39 is 5.97 Å². The number of carbonyl (C=O) groups is 1. The molecule has 11 heavy (non-hydrogen) atoms. The zero-order chi connectivity index (χ0) is 8.10. The summed E-state index contributed by atoms with van der Waals surface area (Å²) in [6.45, 7) is 0. The minimum absolute atomic E-state index is 0.134. The van der Waals surface area contributed by atoms with Gasteiger partial charge in [0.15, 0.2) is 0 Å². The van der Waals surface area contributed by atoms with E-state index in [1.165, 1.54) is 12.5 Å². The summed E-state index contributed by atoms with van der Waals surface area (Å²) in [5.74, 6) is 4.19. The minimum atomic E-state index is -0.916. The topological polar surface area (TPSA) is 50.4 Å². The van der Waals surface area contributed by atoms with E-state index in [4.69, 9.17) is 9.52 Å². The Morgan fingerprint density at radius 3 is 3.09 bits per heavy atom. The lowest BCUT2D eigenvalue weighted by molar-refractivity contribution is -0.135. The monoisotopic (exact) mass is 150 g/mol. The molecule has 0 fully saturated rings. The van der Waals surface area contributed by atoms with Gasteiger partial charge in [0.1, 0.15) is 12.7 Å². The highest BCUT2D eigenvalue weighted by molar-refractivity contribution is 5.70. The average Bonchev–Trinajstić information content (AvgIpc) is 2.39. The molecular formula is C8H6O3. The summed E-state index contributed by atoms with van der Waals surface area (Å²) in [5, 5.41) is 8.22. The molecular weight excluding hydrogens is 144 g/mol. The highest BCUT2D eigenvalue weighted by Crippen LogP contribution is 1.95. The van der Waals surface area contributed by atoms with Gasteiger partial charge in [-0.25, -0.2) is 0 Å². The van der Waals surface area contributed by atoms with Gasteiger partial charge in [-0.2, -0.15) is 0 Å². The van der Waals surface area contributed by atoms with Gasteiger partial charge in [-0.1, -0.05) is 11.8 Å². The van der Waals surface area contributed by atoms with Crippen LogP contribution in [0.15, 0.2) is 23.0 Å². The standard InChI is InChI=1S/C8H6O3/c9-8(10)3-1-2-7-4-5-11-6-7/h4-6H,3H2,(H,9,10). The minimum Gasteiger partial charge on any atom is -0.481 e. The van der Waals surface area contributed by atoms with Crippen molar-refractivity contribution >= 4 is 5.97 Å². The molecule has 0 atom stereocenters. The normalized spacial score (nSPS) is 8.36. The molecule has 0 aromatic carbocycles. The number of rotatable bonds is 1. The SMILES string of the molecule is O=C(O)CC#Cc1ccoc1. The maximum Gasteiger partial charge on any atom is 0.315 e. The van der Waals surface area contributed by atoms with Crippen molar-refractivity contribution in [3.63, 3.8) is 0 Å². The van der Waals surface area contributed by atoms with Gasteiger partial charge in [0, 0.05) is 0 Å². The molecule has 3 heteroatoms. The van der Waals surface area contributed by atoms with Crippen LogP contribution in [0.3, 0.4) is 0 Å². The predicted molar refractivity (Wildman–Crippen MR) is 37.8 cm³/mol. The van der Waals surface area contributed by atoms with Crippen LogP contribution >= 0.6 is 0 Å². The van der Waals surface area contributed by atoms with Crippen molar-refractivity contribution in [2.75, 3.05) is 0 Å². The van der Waals surface area contributed by atoms with Crippen molar-refractivity contribution in [3.8, 4) is 11.8 Å². The molecule has 1 rings (SSSR count). The molecule has 56 valence electrons. The maximum absolute atomic E-state index is 10.0. The Balaban J connectivity index is 2.52. The van der Waals surface area contributed by atoms with Gasteiger partial charge in [0.2, 0.25) is 0 Å². The van der Waals surface area contributed by atoms with Gasteiger partial charge in [-0.3, -0.25) is 4.79 Å². The average molecular weight is 150 g/mol. The van der Waals surface area contributed by atoms with Gasteiger partial charge in [0.25, 0.3) is 0 Å². The van der Waals surface area contributed by atoms with Crippen LogP contribution in [0, 0.1) is 11.8 Å². The zero-order valence-electron chi connectivity index (χ0n) is 5.70. The van der Waals surface area contributed by atoms with Gasteiger partial charge < -0.3 is 9.52 Å². The Morgan fingerprint density at radius 2 is 2.55 bits per heavy atom. The Labute approximate surface area is 63.6 Å². The molecule has 0 radical (unpaired) electrons. The maximum atomic E-state index is 10.0. The third-order valence-electron chi connectivity index (χ3n) is 0.994. The molecule has 0 saturated carbocycles. The van der Waals surface area contributed by atoms with Crippen LogP contribution < -0.4 is 0 Å². The van der Waals surface area contributed by atoms with E-state index >= 15 is 0 Å². The molecule has 0 unspecified atom stereocenters. The fourth-order valence-corrected chi connectivity index (χ4v) is 0.557. The first kappa shape index (κ1) is 7.42. The number of aliphatic carboxylic acids is 1. The van der Waals surface area contributed by atoms with E-state index in [0.29, 0.717) is 5.56 Å². The highest BCUT2D eigenvalue weighted by Gasteiger charge is 1.89. The van der Waals surface area contributed by atoms with Gasteiger partial charge in [0.05, 0.1) is 11.8 Å². The van der Waals surface area contributed by atoms with E-state index in [0.717, 1.165) is 0 Å². The summed E-state index contributed by atoms with van der Waals surface area (Å²) in [6, 6.07) is 1.68. The first-order chi connectivity index (χ1) is 5.29. The Hall–Kier alpha value is -1.69. The molecule has 3 nitrogen and oxygen atoms in total. The molecule has 0 saturated heterocycles. The molecule has 1 N–H and O–H groups in total. The van der Waals surface area contributed by atoms with Crippen molar-refractivity contribution in [1.29, 1.82) is 0 Å². The molecule has 1 aromatic rings. The van der Waals surface area contributed by atoms with Crippen molar-refractivity contribution in [1.82, 2.24) is 0 Å². The van der Waals surface area contributed by atoms with Crippen LogP contribution in [0.1, 0.15) is 12.0 Å². The molecule has 0 bridgehead atoms. The van der Waals surface area contributed by atoms with Crippen molar-refractivity contribution < 1.29 is 14.3 Å². The summed E-state index contributed by atoms with van der Waals surface area (Å²) in [4.78, 5) is 10.0. The Morgan fingerprint density at radius 1 is 1.73 bits per heavy atom. The first-order valence-electron chi connectivity index (χ1n) is 3.02. The van der Waals surface area contributed by atoms with Gasteiger partial charge in [-0.15, -0.1) is 0 Å². The smallest absolute Gasteiger partial charge is 0.315 e. The number of carboxylic acid groups (broad SMARTS) is 1. The summed E-state index contributed by atoms with van der Waals surface area (Å²) in [6.07, 6.45) is 2.82. The molecule has 1 aromatic heterocycles. The zero-order valence-corrected chi connectivity index (χ0v) is 5.70. The number of furan rings is 1. The summed E-state index contributed by atoms with van der Waals surface area (Å²) < 4.78 is 4.72. The van der Waals surface area contributed by atoms with Crippen LogP contribution in [0.4, 0.5) is 0 Å². The second-order valence-corrected chi connectivity index (χ2v) is 1.88. The van der Waals surface area contributed by atoms with Crippen LogP contribution in [0.5, 0.6) is 0 Å². The van der Waals surface area contributed by atoms with E-state index in [1.54, 1.807) is 6.07 Å². The lowest BCUT2D eigenvalue weighted by Gasteiger charge is -1.77. The molecule has 0 aliphatic heterocycles. The largest absolute Gasteiger partial charge is 0.481 e. The van der Waals surface area contributed by atoms with Crippen molar-refractivity contribution in [3.05, 3.63) is 24.2 Å². The van der Waals surface area contributed by atoms with Crippen molar-refractivity contribution in [2.45, 2.75) is 6.42 Å². The van der Waals surface area contributed by atoms with E-state index in [9.17, 15) is 4.79 Å². The highest BCUT2D eigenvalue weighted by atomic mass is 16.4. The predicted octanol–water partition coefficient (Wildman–Crippen LogP) is 1.11. The second-order valence-electron chi connectivity index (χ2n) is 1.88. The molecule has 0 spiro atoms. The van der Waals surface area contributed by atoms with Crippen LogP contribution in [0.25, 0.3) is 0 Å². The number of carboxylic acids is 1. The summed E-state index contributed by atoms with van der Waals surface area (Å²) in [7, 11) is 0. The van der Waals surface area contributed by atoms with Crippen LogP contribution in [0.2, 0.25) is 0 Å². The lowest BCUT2D eigenvalue weighted by Crippen LogP contribution is -1.89. The first-order valence-corrected chi connectivity index (χ1v) is 3.02. The van der Waals surface area contributed by atoms with E-state index in [2.05, 4.69) is 11.8 Å². The Kier molecular flexibility index (Phi) is 2.34. The fraction of sp³-hybridized carbons (Fsp3) is 0.125. The third kappa shape index (κ3) is 2.59. The van der Waals surface area contributed by atoms with Crippen LogP contribution in [-0.2, 0) is 4.79 Å². The second kappa shape index (κ2) is 3.47. The quantitative estimate of drug-likeness (QED) is 0.610. The Bertz CT molecular complexity index is 287. The van der Waals surface area contributed by atoms with Gasteiger partial charge >= 0.3 is 5.97 Å². The summed E-state index contributed by atoms with van der Waals surface area (Å²) in [5.41, 5.74) is 0.700. The molecule has 1 heterocycles. The fourth-order valence-electron chi connectivity index (χ4n) is 0.557. The lowest BCUT2D eigenvalue weighted by atomic mass is 10.3. The van der Waals surface area contributed by atoms with Crippen LogP contribution in [-0.4, -0.2) is 11.1 Å². The third-order valence-corrected chi connectivity index (χ3v) is 0.994. The molecule has 0 amide bonds. The van der Waals surface area contributed by atoms with E-state index in [-0.39, 0.29) is 6.42 Å². The van der Waals surface area contributed by atoms with Crippen molar-refractivity contribution in [2.24, 2.45) is 0 Å². The van der Waals surface area contributed by atoms with E-state index in [1.807, 2.05) is 0 Å². The van der Waals surface area contributed by atoms with Gasteiger partial charge in [-0.05, 0) is 6.07 Å². The number of hydrogen-bond donors (Lipinski definition) is 1. The molecule has 0 aliphatic rings. The molecule has 0 aliphatic carbocycles. The number of hydrogen-bond acceptors (Lipinski definition) is 2.